The van der Waals surface area contributed by atoms with Gasteiger partial charge < -0.3 is 11.1 Å². The molecule has 0 aromatic heterocycles. The average molecular weight is 156 g/mol. The van der Waals surface area contributed by atoms with Gasteiger partial charge in [-0.05, 0) is 25.7 Å². The fraction of sp³-hybridized carbons (Fsp3) is 0.875. The first-order valence-electron chi connectivity index (χ1n) is 4.20. The van der Waals surface area contributed by atoms with Gasteiger partial charge in [0.1, 0.15) is 0 Å². The largest absolute Gasteiger partial charge is 0.338 e. The van der Waals surface area contributed by atoms with Crippen molar-refractivity contribution < 1.29 is 4.79 Å². The van der Waals surface area contributed by atoms with E-state index in [1.54, 1.807) is 0 Å². The van der Waals surface area contributed by atoms with Crippen molar-refractivity contribution in [2.45, 2.75) is 44.7 Å². The van der Waals surface area contributed by atoms with Gasteiger partial charge in [-0.1, -0.05) is 6.42 Å². The van der Waals surface area contributed by atoms with Crippen LogP contribution < -0.4 is 11.1 Å². The quantitative estimate of drug-likeness (QED) is 0.550. The third kappa shape index (κ3) is 2.50. The highest BCUT2D eigenvalue weighted by molar-refractivity contribution is 5.73. The van der Waals surface area contributed by atoms with Gasteiger partial charge >= 0.3 is 0 Å². The molecule has 0 aromatic carbocycles. The van der Waals surface area contributed by atoms with Gasteiger partial charge in [0, 0.05) is 6.92 Å². The summed E-state index contributed by atoms with van der Waals surface area (Å²) < 4.78 is 0. The maximum atomic E-state index is 10.7. The van der Waals surface area contributed by atoms with Crippen LogP contribution in [-0.4, -0.2) is 11.6 Å². The van der Waals surface area contributed by atoms with Gasteiger partial charge in [-0.3, -0.25) is 4.79 Å². The standard InChI is InChI=1S/C8H16N2O/c1-7(11)10-8(9)5-3-2-4-6-8/h2-6,9H2,1H3,(H,10,11). The van der Waals surface area contributed by atoms with Crippen LogP contribution in [0.3, 0.4) is 0 Å². The molecule has 0 bridgehead atoms. The van der Waals surface area contributed by atoms with Crippen LogP contribution in [0, 0.1) is 0 Å². The fourth-order valence-electron chi connectivity index (χ4n) is 1.66. The molecule has 0 atom stereocenters. The van der Waals surface area contributed by atoms with Crippen LogP contribution in [0.5, 0.6) is 0 Å². The summed E-state index contributed by atoms with van der Waals surface area (Å²) in [7, 11) is 0. The Morgan fingerprint density at radius 1 is 1.36 bits per heavy atom. The van der Waals surface area contributed by atoms with Crippen molar-refractivity contribution in [2.24, 2.45) is 5.73 Å². The highest BCUT2D eigenvalue weighted by Gasteiger charge is 2.27. The molecule has 64 valence electrons. The molecule has 3 heteroatoms. The molecule has 1 aliphatic carbocycles. The topological polar surface area (TPSA) is 55.1 Å². The van der Waals surface area contributed by atoms with Gasteiger partial charge in [0.25, 0.3) is 0 Å². The Bertz CT molecular complexity index is 150. The molecule has 1 amide bonds. The van der Waals surface area contributed by atoms with Crippen LogP contribution in [0.25, 0.3) is 0 Å². The Balaban J connectivity index is 2.43. The summed E-state index contributed by atoms with van der Waals surface area (Å²) in [6.07, 6.45) is 5.37. The number of carbonyl (C=O) groups is 1. The van der Waals surface area contributed by atoms with Crippen molar-refractivity contribution in [3.63, 3.8) is 0 Å². The van der Waals surface area contributed by atoms with E-state index in [-0.39, 0.29) is 5.91 Å². The normalized spacial score (nSPS) is 22.7. The number of amides is 1. The molecule has 0 saturated heterocycles. The second kappa shape index (κ2) is 3.22. The molecule has 1 aliphatic rings. The van der Waals surface area contributed by atoms with Crippen molar-refractivity contribution in [3.8, 4) is 0 Å². The lowest BCUT2D eigenvalue weighted by molar-refractivity contribution is -0.121. The van der Waals surface area contributed by atoms with Gasteiger partial charge in [-0.15, -0.1) is 0 Å². The predicted molar refractivity (Wildman–Crippen MR) is 43.8 cm³/mol. The summed E-state index contributed by atoms with van der Waals surface area (Å²) in [6.45, 7) is 1.52. The molecular weight excluding hydrogens is 140 g/mol. The first-order valence-corrected chi connectivity index (χ1v) is 4.20. The zero-order chi connectivity index (χ0) is 8.32. The summed E-state index contributed by atoms with van der Waals surface area (Å²) in [5.74, 6) is -0.0191. The van der Waals surface area contributed by atoms with Crippen molar-refractivity contribution in [1.29, 1.82) is 0 Å². The number of carbonyl (C=O) groups excluding carboxylic acids is 1. The van der Waals surface area contributed by atoms with Gasteiger partial charge in [-0.2, -0.15) is 0 Å². The zero-order valence-electron chi connectivity index (χ0n) is 7.02. The van der Waals surface area contributed by atoms with Crippen LogP contribution in [-0.2, 0) is 4.79 Å². The Labute approximate surface area is 67.3 Å². The summed E-state index contributed by atoms with van der Waals surface area (Å²) >= 11 is 0. The third-order valence-corrected chi connectivity index (χ3v) is 2.17. The van der Waals surface area contributed by atoms with Gasteiger partial charge in [0.15, 0.2) is 0 Å². The smallest absolute Gasteiger partial charge is 0.218 e. The number of rotatable bonds is 1. The Morgan fingerprint density at radius 2 is 1.91 bits per heavy atom. The van der Waals surface area contributed by atoms with E-state index in [1.807, 2.05) is 0 Å². The highest BCUT2D eigenvalue weighted by atomic mass is 16.1. The first-order chi connectivity index (χ1) is 5.12. The molecule has 3 nitrogen and oxygen atoms in total. The Hall–Kier alpha value is -0.570. The summed E-state index contributed by atoms with van der Waals surface area (Å²) in [6, 6.07) is 0. The molecule has 1 saturated carbocycles. The average Bonchev–Trinajstić information content (AvgIpc) is 1.85. The minimum atomic E-state index is -0.399. The third-order valence-electron chi connectivity index (χ3n) is 2.17. The van der Waals surface area contributed by atoms with E-state index in [4.69, 9.17) is 5.73 Å². The van der Waals surface area contributed by atoms with Crippen molar-refractivity contribution in [2.75, 3.05) is 0 Å². The minimum absolute atomic E-state index is 0.0191. The molecule has 1 rings (SSSR count). The Morgan fingerprint density at radius 3 is 2.36 bits per heavy atom. The lowest BCUT2D eigenvalue weighted by Crippen LogP contribution is -2.56. The van der Waals surface area contributed by atoms with Crippen molar-refractivity contribution in [1.82, 2.24) is 5.32 Å². The van der Waals surface area contributed by atoms with E-state index in [0.29, 0.717) is 0 Å². The van der Waals surface area contributed by atoms with Crippen LogP contribution in [0.2, 0.25) is 0 Å². The van der Waals surface area contributed by atoms with E-state index in [1.165, 1.54) is 13.3 Å². The second-order valence-corrected chi connectivity index (χ2v) is 3.40. The van der Waals surface area contributed by atoms with E-state index in [2.05, 4.69) is 5.32 Å². The van der Waals surface area contributed by atoms with E-state index >= 15 is 0 Å². The SMILES string of the molecule is CC(=O)NC1(N)CCCCC1. The van der Waals surface area contributed by atoms with Crippen LogP contribution in [0.1, 0.15) is 39.0 Å². The Kier molecular flexibility index (Phi) is 2.49. The molecule has 0 aromatic rings. The number of hydrogen-bond donors (Lipinski definition) is 2. The molecular formula is C8H16N2O. The van der Waals surface area contributed by atoms with E-state index < -0.39 is 5.66 Å². The monoisotopic (exact) mass is 156 g/mol. The van der Waals surface area contributed by atoms with Crippen LogP contribution in [0.15, 0.2) is 0 Å². The maximum absolute atomic E-state index is 10.7. The molecule has 0 radical (unpaired) electrons. The lowest BCUT2D eigenvalue weighted by Gasteiger charge is -2.33. The summed E-state index contributed by atoms with van der Waals surface area (Å²) in [5.41, 5.74) is 5.53. The van der Waals surface area contributed by atoms with E-state index in [9.17, 15) is 4.79 Å². The van der Waals surface area contributed by atoms with E-state index in [0.717, 1.165) is 25.7 Å². The molecule has 0 spiro atoms. The molecule has 3 N–H and O–H groups in total. The van der Waals surface area contributed by atoms with Gasteiger partial charge in [0.2, 0.25) is 5.91 Å². The minimum Gasteiger partial charge on any atom is -0.338 e. The molecule has 11 heavy (non-hydrogen) atoms. The van der Waals surface area contributed by atoms with Gasteiger partial charge in [-0.25, -0.2) is 0 Å². The lowest BCUT2D eigenvalue weighted by atomic mass is 9.90. The maximum Gasteiger partial charge on any atom is 0.218 e. The molecule has 0 heterocycles. The van der Waals surface area contributed by atoms with Crippen molar-refractivity contribution in [3.05, 3.63) is 0 Å². The second-order valence-electron chi connectivity index (χ2n) is 3.40. The first kappa shape index (κ1) is 8.53. The molecule has 1 fully saturated rings. The molecule has 0 aliphatic heterocycles. The number of nitrogens with one attached hydrogen (secondary N) is 1. The highest BCUT2D eigenvalue weighted by Crippen LogP contribution is 2.23. The zero-order valence-corrected chi connectivity index (χ0v) is 7.02. The summed E-state index contributed by atoms with van der Waals surface area (Å²) in [5, 5.41) is 2.80. The summed E-state index contributed by atoms with van der Waals surface area (Å²) in [4.78, 5) is 10.7. The fourth-order valence-corrected chi connectivity index (χ4v) is 1.66. The number of nitrogens with two attached hydrogens (primary N) is 1. The van der Waals surface area contributed by atoms with Gasteiger partial charge in [0.05, 0.1) is 5.66 Å². The van der Waals surface area contributed by atoms with Crippen LogP contribution in [0.4, 0.5) is 0 Å². The number of hydrogen-bond acceptors (Lipinski definition) is 2. The van der Waals surface area contributed by atoms with Crippen LogP contribution >= 0.6 is 0 Å². The molecule has 0 unspecified atom stereocenters. The predicted octanol–water partition coefficient (Wildman–Crippen LogP) is 0.742. The van der Waals surface area contributed by atoms with Crippen molar-refractivity contribution >= 4 is 5.91 Å².